The van der Waals surface area contributed by atoms with Crippen molar-refractivity contribution in [2.75, 3.05) is 24.2 Å². The van der Waals surface area contributed by atoms with Crippen molar-refractivity contribution >= 4 is 44.3 Å². The number of hydrogen-bond donors (Lipinski definition) is 2. The highest BCUT2D eigenvalue weighted by molar-refractivity contribution is 7.92. The molecule has 21 heteroatoms. The Bertz CT molecular complexity index is 2850. The molecule has 3 aliphatic rings. The molecule has 2 N–H and O–H groups in total. The second-order valence-electron chi connectivity index (χ2n) is 15.0. The van der Waals surface area contributed by atoms with Gasteiger partial charge in [0.1, 0.15) is 29.6 Å². The number of carbonyl (C=O) groups is 1. The predicted molar refractivity (Wildman–Crippen MR) is 206 cm³/mol. The van der Waals surface area contributed by atoms with Crippen molar-refractivity contribution in [3.63, 3.8) is 0 Å². The van der Waals surface area contributed by atoms with Crippen molar-refractivity contribution in [3.8, 4) is 22.3 Å². The Morgan fingerprint density at radius 1 is 1.02 bits per heavy atom. The highest BCUT2D eigenvalue weighted by Gasteiger charge is 2.60. The van der Waals surface area contributed by atoms with E-state index in [1.807, 2.05) is 0 Å². The lowest BCUT2D eigenvalue weighted by Gasteiger charge is -2.27. The summed E-state index contributed by atoms with van der Waals surface area (Å²) in [4.78, 5) is 18.9. The van der Waals surface area contributed by atoms with Crippen LogP contribution in [0.2, 0.25) is 5.02 Å². The molecule has 0 spiro atoms. The van der Waals surface area contributed by atoms with Gasteiger partial charge in [0.15, 0.2) is 5.82 Å². The molecule has 3 atom stereocenters. The summed E-state index contributed by atoms with van der Waals surface area (Å²) in [6, 6.07) is 6.39. The summed E-state index contributed by atoms with van der Waals surface area (Å²) in [6.07, 6.45) is 5.00. The first kappa shape index (κ1) is 39.7. The van der Waals surface area contributed by atoms with E-state index in [4.69, 9.17) is 21.3 Å². The topological polar surface area (TPSA) is 151 Å². The highest BCUT2D eigenvalue weighted by atomic mass is 35.5. The number of aromatic nitrogens is 7. The Morgan fingerprint density at radius 2 is 1.77 bits per heavy atom. The molecule has 5 heterocycles. The molecule has 312 valence electrons. The molecule has 0 unspecified atom stereocenters. The number of alkyl halides is 4. The van der Waals surface area contributed by atoms with Crippen molar-refractivity contribution in [1.82, 2.24) is 39.6 Å². The number of sulfonamides is 1. The maximum Gasteiger partial charge on any atom is 0.296 e. The normalized spacial score (nSPS) is 18.6. The molecular formula is C39H32ClF6N9O4S. The number of rotatable bonds is 12. The quantitative estimate of drug-likeness (QED) is 0.0988. The third-order valence-corrected chi connectivity index (χ3v) is 11.8. The summed E-state index contributed by atoms with van der Waals surface area (Å²) in [5.41, 5.74) is 0.453. The van der Waals surface area contributed by atoms with Crippen LogP contribution in [0.4, 0.5) is 32.2 Å². The van der Waals surface area contributed by atoms with Gasteiger partial charge in [-0.3, -0.25) is 28.5 Å². The van der Waals surface area contributed by atoms with Crippen LogP contribution in [0.15, 0.2) is 67.1 Å². The first-order chi connectivity index (χ1) is 28.5. The van der Waals surface area contributed by atoms with E-state index in [1.165, 1.54) is 29.1 Å². The Labute approximate surface area is 342 Å². The number of benzene rings is 2. The van der Waals surface area contributed by atoms with Crippen LogP contribution in [0.1, 0.15) is 52.6 Å². The van der Waals surface area contributed by atoms with Crippen molar-refractivity contribution in [2.24, 2.45) is 13.0 Å². The number of halogens is 7. The number of hydrogen-bond acceptors (Lipinski definition) is 8. The van der Waals surface area contributed by atoms with Gasteiger partial charge in [-0.25, -0.2) is 26.0 Å². The Balaban J connectivity index is 1.19. The Kier molecular flexibility index (Phi) is 9.58. The number of anilines is 1. The molecule has 1 amide bonds. The van der Waals surface area contributed by atoms with Crippen LogP contribution in [0.3, 0.4) is 0 Å². The highest BCUT2D eigenvalue weighted by Crippen LogP contribution is 2.60. The lowest BCUT2D eigenvalue weighted by atomic mass is 9.81. The number of ether oxygens (including phenoxy) is 1. The number of allylic oxidation sites excluding steroid dienone is 2. The van der Waals surface area contributed by atoms with Crippen LogP contribution in [-0.2, 0) is 45.5 Å². The zero-order valence-corrected chi connectivity index (χ0v) is 33.0. The molecule has 4 aromatic heterocycles. The van der Waals surface area contributed by atoms with Gasteiger partial charge in [0.25, 0.3) is 12.3 Å². The molecule has 0 saturated carbocycles. The molecule has 13 nitrogen and oxygen atoms in total. The fourth-order valence-corrected chi connectivity index (χ4v) is 8.89. The monoisotopic (exact) mass is 871 g/mol. The predicted octanol–water partition coefficient (Wildman–Crippen LogP) is 6.98. The van der Waals surface area contributed by atoms with Crippen molar-refractivity contribution < 1.29 is 44.3 Å². The molecule has 0 radical (unpaired) electrons. The lowest BCUT2D eigenvalue weighted by molar-refractivity contribution is -0.123. The van der Waals surface area contributed by atoms with Crippen molar-refractivity contribution in [2.45, 2.75) is 43.3 Å². The molecular weight excluding hydrogens is 840 g/mol. The second kappa shape index (κ2) is 14.5. The number of fused-ring (bicyclic) bond motifs is 4. The van der Waals surface area contributed by atoms with Crippen molar-refractivity contribution in [3.05, 3.63) is 112 Å². The van der Waals surface area contributed by atoms with Gasteiger partial charge < -0.3 is 10.1 Å². The standard InChI is InChI=1S/C39H32ClF6N9O4S/c1-53-35-24(4-6-28(40)32(35)38(51-53)52-60(2,57)58)26-10-19(20-13-48-54(14-20)23-16-59-17-23)12-47-33(26)29(9-18-7-21(41)11-22(42)8-18)49-30(56)15-55-36-31(34(50-55)37(43)44)25-3-5-27(25)39(36,45)46/h3-8,10-14,23,25,27,29,37H,9,15-17H2,1-2H3,(H,49,56)(H,51,52)/t25-,27+,29-/m0/s1. The zero-order valence-electron chi connectivity index (χ0n) is 31.4. The number of nitrogens with one attached hydrogen (secondary N) is 2. The minimum absolute atomic E-state index is 0.0157. The van der Waals surface area contributed by atoms with Crippen LogP contribution in [0, 0.1) is 17.6 Å². The molecule has 60 heavy (non-hydrogen) atoms. The van der Waals surface area contributed by atoms with Gasteiger partial charge in [-0.2, -0.15) is 24.1 Å². The fourth-order valence-electron chi connectivity index (χ4n) is 8.15. The Morgan fingerprint density at radius 3 is 2.42 bits per heavy atom. The van der Waals surface area contributed by atoms with Crippen LogP contribution in [0.5, 0.6) is 0 Å². The maximum atomic E-state index is 15.6. The molecule has 1 aliphatic heterocycles. The third kappa shape index (κ3) is 6.88. The summed E-state index contributed by atoms with van der Waals surface area (Å²) in [5, 5.41) is 15.7. The second-order valence-corrected chi connectivity index (χ2v) is 17.1. The van der Waals surface area contributed by atoms with E-state index in [0.717, 1.165) is 18.4 Å². The number of amides is 1. The molecule has 1 saturated heterocycles. The summed E-state index contributed by atoms with van der Waals surface area (Å²) < 4.78 is 125. The van der Waals surface area contributed by atoms with E-state index in [1.54, 1.807) is 36.3 Å². The number of nitrogens with zero attached hydrogens (tertiary/aromatic N) is 7. The number of aryl methyl sites for hydroxylation is 1. The van der Waals surface area contributed by atoms with Gasteiger partial charge in [0.2, 0.25) is 15.9 Å². The van der Waals surface area contributed by atoms with Gasteiger partial charge in [0, 0.05) is 59.2 Å². The first-order valence-electron chi connectivity index (χ1n) is 18.4. The average molecular weight is 872 g/mol. The third-order valence-electron chi connectivity index (χ3n) is 10.9. The lowest BCUT2D eigenvalue weighted by Crippen LogP contribution is -2.35. The first-order valence-corrected chi connectivity index (χ1v) is 20.7. The van der Waals surface area contributed by atoms with E-state index >= 15 is 8.78 Å². The maximum absolute atomic E-state index is 15.6. The summed E-state index contributed by atoms with van der Waals surface area (Å²) in [5.74, 6) is -8.79. The van der Waals surface area contributed by atoms with Crippen LogP contribution in [0.25, 0.3) is 33.2 Å². The van der Waals surface area contributed by atoms with E-state index in [-0.39, 0.29) is 45.5 Å². The molecule has 2 aromatic carbocycles. The van der Waals surface area contributed by atoms with Crippen LogP contribution in [-0.4, -0.2) is 68.1 Å². The molecule has 0 bridgehead atoms. The minimum Gasteiger partial charge on any atom is -0.377 e. The van der Waals surface area contributed by atoms with Crippen molar-refractivity contribution in [1.29, 1.82) is 0 Å². The number of carbonyl (C=O) groups excluding carboxylic acids is 1. The minimum atomic E-state index is -3.84. The van der Waals surface area contributed by atoms with E-state index < -0.39 is 75.7 Å². The van der Waals surface area contributed by atoms with Gasteiger partial charge in [-0.05, 0) is 36.2 Å². The summed E-state index contributed by atoms with van der Waals surface area (Å²) in [7, 11) is -2.28. The van der Waals surface area contributed by atoms with Crippen LogP contribution < -0.4 is 10.0 Å². The smallest absolute Gasteiger partial charge is 0.296 e. The van der Waals surface area contributed by atoms with E-state index in [9.17, 15) is 30.8 Å². The van der Waals surface area contributed by atoms with Gasteiger partial charge in [-0.15, -0.1) is 0 Å². The number of pyridine rings is 1. The molecule has 2 aliphatic carbocycles. The van der Waals surface area contributed by atoms with Crippen LogP contribution >= 0.6 is 11.6 Å². The van der Waals surface area contributed by atoms with Gasteiger partial charge in [-0.1, -0.05) is 29.8 Å². The average Bonchev–Trinajstić information content (AvgIpc) is 3.85. The molecule has 9 rings (SSSR count). The summed E-state index contributed by atoms with van der Waals surface area (Å²) in [6.45, 7) is 0.0292. The SMILES string of the molecule is Cn1nc(NS(C)(=O)=O)c2c(Cl)ccc(-c3cc(-c4cnn(C5COC5)c4)cnc3[C@H](Cc3cc(F)cc(F)c3)NC(=O)Cn3nc(C(F)F)c4c3C(F)(F)[C@@H]3C=C[C@H]43)c21. The molecule has 6 aromatic rings. The fraction of sp³-hybridized carbons (Fsp3) is 0.308. The van der Waals surface area contributed by atoms with E-state index in [0.29, 0.717) is 51.7 Å². The zero-order chi connectivity index (χ0) is 42.4. The molecule has 1 fully saturated rings. The van der Waals surface area contributed by atoms with E-state index in [2.05, 4.69) is 25.3 Å². The Hall–Kier alpha value is -5.73. The van der Waals surface area contributed by atoms with Gasteiger partial charge >= 0.3 is 0 Å². The van der Waals surface area contributed by atoms with Gasteiger partial charge in [0.05, 0.1) is 65.3 Å². The largest absolute Gasteiger partial charge is 0.377 e. The summed E-state index contributed by atoms with van der Waals surface area (Å²) >= 11 is 6.67.